The van der Waals surface area contributed by atoms with Crippen molar-refractivity contribution in [1.82, 2.24) is 19.6 Å². The van der Waals surface area contributed by atoms with Gasteiger partial charge < -0.3 is 14.6 Å². The van der Waals surface area contributed by atoms with Gasteiger partial charge in [-0.1, -0.05) is 5.92 Å². The lowest BCUT2D eigenvalue weighted by atomic mass is 10.00. The molecule has 0 spiro atoms. The molecule has 2 bridgehead atoms. The zero-order valence-electron chi connectivity index (χ0n) is 11.6. The van der Waals surface area contributed by atoms with Crippen LogP contribution < -0.4 is 5.32 Å². The van der Waals surface area contributed by atoms with Gasteiger partial charge in [-0.3, -0.25) is 4.79 Å². The van der Waals surface area contributed by atoms with Crippen molar-refractivity contribution in [1.29, 1.82) is 0 Å². The van der Waals surface area contributed by atoms with Crippen molar-refractivity contribution in [3.05, 3.63) is 35.9 Å². The quantitative estimate of drug-likeness (QED) is 0.826. The first kappa shape index (κ1) is 12.4. The molecule has 2 aromatic heterocycles. The Hall–Kier alpha value is -2.32. The fourth-order valence-electron chi connectivity index (χ4n) is 3.41. The molecule has 5 nitrogen and oxygen atoms in total. The van der Waals surface area contributed by atoms with Gasteiger partial charge in [0.1, 0.15) is 12.0 Å². The van der Waals surface area contributed by atoms with E-state index < -0.39 is 0 Å². The van der Waals surface area contributed by atoms with Crippen LogP contribution in [0.2, 0.25) is 0 Å². The van der Waals surface area contributed by atoms with Crippen molar-refractivity contribution >= 4 is 11.4 Å². The Morgan fingerprint density at radius 2 is 2.33 bits per heavy atom. The second-order valence-electron chi connectivity index (χ2n) is 5.87. The van der Waals surface area contributed by atoms with E-state index in [-0.39, 0.29) is 11.9 Å². The number of carbonyl (C=O) groups is 1. The average molecular weight is 280 g/mol. The molecule has 1 amide bonds. The highest BCUT2D eigenvalue weighted by molar-refractivity contribution is 5.93. The number of nitrogens with zero attached hydrogens (tertiary/aromatic N) is 3. The van der Waals surface area contributed by atoms with E-state index in [2.05, 4.69) is 21.1 Å². The third kappa shape index (κ3) is 2.08. The van der Waals surface area contributed by atoms with E-state index in [4.69, 9.17) is 6.42 Å². The minimum absolute atomic E-state index is 0.0975. The average Bonchev–Trinajstić information content (AvgIpc) is 3.20. The van der Waals surface area contributed by atoms with E-state index in [1.54, 1.807) is 12.4 Å². The molecule has 1 N–H and O–H groups in total. The third-order valence-corrected chi connectivity index (χ3v) is 4.53. The molecular formula is C16H16N4O. The van der Waals surface area contributed by atoms with Crippen LogP contribution in [0.25, 0.3) is 5.52 Å². The Morgan fingerprint density at radius 1 is 1.43 bits per heavy atom. The fourth-order valence-corrected chi connectivity index (χ4v) is 3.41. The topological polar surface area (TPSA) is 49.6 Å². The maximum absolute atomic E-state index is 12.4. The molecule has 0 radical (unpaired) electrons. The molecule has 2 unspecified atom stereocenters. The molecule has 0 aliphatic carbocycles. The molecule has 106 valence electrons. The maximum atomic E-state index is 12.4. The number of fused-ring (bicyclic) bond motifs is 3. The predicted molar refractivity (Wildman–Crippen MR) is 78.9 cm³/mol. The number of hydrogen-bond donors (Lipinski definition) is 1. The summed E-state index contributed by atoms with van der Waals surface area (Å²) in [7, 11) is 0. The monoisotopic (exact) mass is 280 g/mol. The van der Waals surface area contributed by atoms with Crippen LogP contribution in [0.5, 0.6) is 0 Å². The van der Waals surface area contributed by atoms with Crippen molar-refractivity contribution < 1.29 is 4.79 Å². The minimum atomic E-state index is -0.0975. The number of terminal acetylenes is 1. The van der Waals surface area contributed by atoms with Crippen LogP contribution >= 0.6 is 0 Å². The number of rotatable bonds is 2. The van der Waals surface area contributed by atoms with Gasteiger partial charge in [0.2, 0.25) is 0 Å². The zero-order chi connectivity index (χ0) is 14.4. The van der Waals surface area contributed by atoms with Gasteiger partial charge in [0.05, 0.1) is 5.52 Å². The summed E-state index contributed by atoms with van der Waals surface area (Å²) in [5, 5.41) is 3.12. The number of piperidine rings is 1. The normalized spacial score (nSPS) is 26.9. The van der Waals surface area contributed by atoms with Gasteiger partial charge in [-0.05, 0) is 31.0 Å². The summed E-state index contributed by atoms with van der Waals surface area (Å²) in [4.78, 5) is 19.0. The zero-order valence-corrected chi connectivity index (χ0v) is 11.6. The van der Waals surface area contributed by atoms with Crippen LogP contribution in [0.4, 0.5) is 0 Å². The summed E-state index contributed by atoms with van der Waals surface area (Å²) in [6.07, 6.45) is 10.0. The molecule has 2 aromatic rings. The van der Waals surface area contributed by atoms with Crippen LogP contribution in [0.1, 0.15) is 22.5 Å². The largest absolute Gasteiger partial charge is 0.346 e. The van der Waals surface area contributed by atoms with Crippen LogP contribution in [0.3, 0.4) is 0 Å². The van der Waals surface area contributed by atoms with Crippen molar-refractivity contribution in [3.8, 4) is 12.3 Å². The van der Waals surface area contributed by atoms with Crippen LogP contribution in [0, 0.1) is 18.3 Å². The fraction of sp³-hybridized carbons (Fsp3) is 0.375. The van der Waals surface area contributed by atoms with Crippen LogP contribution in [-0.2, 0) is 0 Å². The van der Waals surface area contributed by atoms with Gasteiger partial charge in [-0.25, -0.2) is 4.98 Å². The van der Waals surface area contributed by atoms with Crippen molar-refractivity contribution in [2.75, 3.05) is 19.6 Å². The van der Waals surface area contributed by atoms with E-state index in [0.717, 1.165) is 24.2 Å². The van der Waals surface area contributed by atoms with Crippen molar-refractivity contribution in [3.63, 3.8) is 0 Å². The molecule has 2 aliphatic rings. The Balaban J connectivity index is 1.55. The first-order chi connectivity index (χ1) is 10.2. The standard InChI is InChI=1S/C16H16N4O/c1-2-11-5-13-6-14(17-10-20(13)7-11)16(21)18-15-9-19-4-3-12(15)8-19/h1,5-7,10,12,15H,3-4,8-9H2,(H,18,21)/t12-,15?/m0/s1. The Labute approximate surface area is 123 Å². The van der Waals surface area contributed by atoms with E-state index in [9.17, 15) is 4.79 Å². The Bertz CT molecular complexity index is 757. The smallest absolute Gasteiger partial charge is 0.270 e. The summed E-state index contributed by atoms with van der Waals surface area (Å²) in [6, 6.07) is 3.92. The number of carbonyl (C=O) groups excluding carboxylic acids is 1. The van der Waals surface area contributed by atoms with Crippen LogP contribution in [-0.4, -0.2) is 45.9 Å². The maximum Gasteiger partial charge on any atom is 0.270 e. The third-order valence-electron chi connectivity index (χ3n) is 4.53. The highest BCUT2D eigenvalue weighted by Crippen LogP contribution is 2.27. The van der Waals surface area contributed by atoms with Gasteiger partial charge in [0, 0.05) is 30.9 Å². The summed E-state index contributed by atoms with van der Waals surface area (Å²) in [5.41, 5.74) is 2.12. The van der Waals surface area contributed by atoms with E-state index in [1.807, 2.05) is 16.7 Å². The van der Waals surface area contributed by atoms with E-state index in [1.165, 1.54) is 13.0 Å². The molecule has 2 fully saturated rings. The molecule has 2 saturated heterocycles. The lowest BCUT2D eigenvalue weighted by Crippen LogP contribution is -2.43. The molecule has 3 atom stereocenters. The highest BCUT2D eigenvalue weighted by atomic mass is 16.2. The highest BCUT2D eigenvalue weighted by Gasteiger charge is 2.38. The lowest BCUT2D eigenvalue weighted by Gasteiger charge is -2.22. The molecule has 21 heavy (non-hydrogen) atoms. The lowest BCUT2D eigenvalue weighted by molar-refractivity contribution is 0.0919. The first-order valence-corrected chi connectivity index (χ1v) is 7.20. The molecule has 4 heterocycles. The number of aromatic nitrogens is 2. The van der Waals surface area contributed by atoms with Crippen LogP contribution in [0.15, 0.2) is 24.7 Å². The number of amides is 1. The SMILES string of the molecule is C#Cc1cc2cc(C(=O)NC3CN4CC[C@H]3C4)ncn2c1. The van der Waals surface area contributed by atoms with Gasteiger partial charge in [-0.15, -0.1) is 6.42 Å². The predicted octanol–water partition coefficient (Wildman–Crippen LogP) is 0.749. The minimum Gasteiger partial charge on any atom is -0.346 e. The van der Waals surface area contributed by atoms with Crippen molar-refractivity contribution in [2.24, 2.45) is 5.92 Å². The Morgan fingerprint density at radius 3 is 3.05 bits per heavy atom. The van der Waals surface area contributed by atoms with Gasteiger partial charge in [-0.2, -0.15) is 0 Å². The second-order valence-corrected chi connectivity index (χ2v) is 5.87. The number of nitrogens with one attached hydrogen (secondary N) is 1. The summed E-state index contributed by atoms with van der Waals surface area (Å²) < 4.78 is 1.83. The molecule has 0 aromatic carbocycles. The molecule has 4 rings (SSSR count). The first-order valence-electron chi connectivity index (χ1n) is 7.20. The summed E-state index contributed by atoms with van der Waals surface area (Å²) in [5.74, 6) is 3.09. The summed E-state index contributed by atoms with van der Waals surface area (Å²) in [6.45, 7) is 3.24. The Kier molecular flexibility index (Phi) is 2.72. The van der Waals surface area contributed by atoms with E-state index in [0.29, 0.717) is 11.6 Å². The molecule has 0 saturated carbocycles. The van der Waals surface area contributed by atoms with E-state index >= 15 is 0 Å². The summed E-state index contributed by atoms with van der Waals surface area (Å²) >= 11 is 0. The van der Waals surface area contributed by atoms with Gasteiger partial charge in [0.15, 0.2) is 0 Å². The molecule has 2 aliphatic heterocycles. The van der Waals surface area contributed by atoms with Gasteiger partial charge >= 0.3 is 0 Å². The second kappa shape index (κ2) is 4.61. The molecule has 5 heteroatoms. The van der Waals surface area contributed by atoms with Gasteiger partial charge in [0.25, 0.3) is 5.91 Å². The molecular weight excluding hydrogens is 264 g/mol. The number of hydrogen-bond acceptors (Lipinski definition) is 3. The van der Waals surface area contributed by atoms with Crippen molar-refractivity contribution in [2.45, 2.75) is 12.5 Å².